The summed E-state index contributed by atoms with van der Waals surface area (Å²) in [5.74, 6) is 1.33. The Morgan fingerprint density at radius 3 is 2.59 bits per heavy atom. The van der Waals surface area contributed by atoms with E-state index in [9.17, 15) is 8.42 Å². The molecular formula is C19H33IN4O4S. The number of guanidine groups is 1. The molecule has 0 bridgehead atoms. The summed E-state index contributed by atoms with van der Waals surface area (Å²) in [4.78, 5) is 4.09. The van der Waals surface area contributed by atoms with Crippen LogP contribution in [0.4, 0.5) is 0 Å². The van der Waals surface area contributed by atoms with E-state index in [1.165, 1.54) is 5.56 Å². The molecule has 0 radical (unpaired) electrons. The molecule has 1 aromatic carbocycles. The molecule has 1 fully saturated rings. The lowest BCUT2D eigenvalue weighted by molar-refractivity contribution is 0.0200. The first kappa shape index (κ1) is 25.9. The molecule has 2 rings (SSSR count). The number of nitrogens with one attached hydrogen (secondary N) is 3. The molecule has 3 N–H and O–H groups in total. The van der Waals surface area contributed by atoms with Gasteiger partial charge in [-0.3, -0.25) is 4.99 Å². The summed E-state index contributed by atoms with van der Waals surface area (Å²) in [5, 5.41) is 6.10. The smallest absolute Gasteiger partial charge is 0.213 e. The Morgan fingerprint density at radius 2 is 1.93 bits per heavy atom. The lowest BCUT2D eigenvalue weighted by Gasteiger charge is -2.22. The van der Waals surface area contributed by atoms with Crippen LogP contribution in [0.5, 0.6) is 5.75 Å². The van der Waals surface area contributed by atoms with Crippen LogP contribution in [-0.2, 0) is 14.8 Å². The standard InChI is InChI=1S/C19H32N4O4S.HI/c1-16-6-8-17(9-7-16)27-13-10-21-19(20-2)22-11-14-28(24,25)23-15-18-5-3-4-12-26-18;/h6-9,18,23H,3-5,10-15H2,1-2H3,(H2,20,21,22);1H. The Labute approximate surface area is 191 Å². The fraction of sp³-hybridized carbons (Fsp3) is 0.632. The molecule has 0 saturated carbocycles. The molecule has 1 atom stereocenters. The summed E-state index contributed by atoms with van der Waals surface area (Å²) in [5.41, 5.74) is 1.19. The summed E-state index contributed by atoms with van der Waals surface area (Å²) in [6.45, 7) is 4.37. The molecule has 1 unspecified atom stereocenters. The summed E-state index contributed by atoms with van der Waals surface area (Å²) in [6, 6.07) is 7.85. The number of sulfonamides is 1. The number of aryl methyl sites for hydroxylation is 1. The van der Waals surface area contributed by atoms with E-state index < -0.39 is 10.0 Å². The van der Waals surface area contributed by atoms with E-state index >= 15 is 0 Å². The fourth-order valence-corrected chi connectivity index (χ4v) is 3.71. The van der Waals surface area contributed by atoms with E-state index in [0.29, 0.717) is 32.3 Å². The monoisotopic (exact) mass is 540 g/mol. The van der Waals surface area contributed by atoms with Crippen LogP contribution in [0.15, 0.2) is 29.3 Å². The van der Waals surface area contributed by atoms with Gasteiger partial charge in [0.1, 0.15) is 12.4 Å². The molecule has 0 spiro atoms. The summed E-state index contributed by atoms with van der Waals surface area (Å²) < 4.78 is 38.0. The van der Waals surface area contributed by atoms with Gasteiger partial charge in [-0.1, -0.05) is 17.7 Å². The maximum atomic E-state index is 12.1. The molecule has 1 aliphatic heterocycles. The predicted octanol–water partition coefficient (Wildman–Crippen LogP) is 1.65. The van der Waals surface area contributed by atoms with Gasteiger partial charge in [-0.05, 0) is 38.3 Å². The van der Waals surface area contributed by atoms with Crippen molar-refractivity contribution in [2.45, 2.75) is 32.3 Å². The van der Waals surface area contributed by atoms with Crippen LogP contribution >= 0.6 is 24.0 Å². The number of hydrogen-bond acceptors (Lipinski definition) is 5. The van der Waals surface area contributed by atoms with Gasteiger partial charge < -0.3 is 20.1 Å². The van der Waals surface area contributed by atoms with Gasteiger partial charge in [-0.15, -0.1) is 24.0 Å². The predicted molar refractivity (Wildman–Crippen MR) is 127 cm³/mol. The third-order valence-corrected chi connectivity index (χ3v) is 5.72. The minimum absolute atomic E-state index is 0. The second-order valence-electron chi connectivity index (χ2n) is 6.74. The van der Waals surface area contributed by atoms with Gasteiger partial charge >= 0.3 is 0 Å². The number of rotatable bonds is 10. The zero-order chi connectivity index (χ0) is 20.2. The highest BCUT2D eigenvalue weighted by Crippen LogP contribution is 2.12. The number of benzene rings is 1. The van der Waals surface area contributed by atoms with Gasteiger partial charge in [0.05, 0.1) is 18.4 Å². The Hall–Kier alpha value is -1.11. The van der Waals surface area contributed by atoms with Crippen LogP contribution in [0, 0.1) is 6.92 Å². The van der Waals surface area contributed by atoms with Crippen molar-refractivity contribution >= 4 is 40.0 Å². The van der Waals surface area contributed by atoms with Crippen molar-refractivity contribution < 1.29 is 17.9 Å². The molecule has 1 aromatic rings. The zero-order valence-electron chi connectivity index (χ0n) is 17.1. The van der Waals surface area contributed by atoms with Crippen molar-refractivity contribution in [2.75, 3.05) is 45.6 Å². The summed E-state index contributed by atoms with van der Waals surface area (Å²) >= 11 is 0. The van der Waals surface area contributed by atoms with Crippen molar-refractivity contribution in [2.24, 2.45) is 4.99 Å². The minimum atomic E-state index is -3.35. The van der Waals surface area contributed by atoms with Crippen LogP contribution in [-0.4, -0.2) is 66.1 Å². The van der Waals surface area contributed by atoms with Crippen molar-refractivity contribution in [3.8, 4) is 5.75 Å². The maximum Gasteiger partial charge on any atom is 0.213 e. The third kappa shape index (κ3) is 11.0. The molecule has 1 saturated heterocycles. The van der Waals surface area contributed by atoms with E-state index in [-0.39, 0.29) is 42.4 Å². The quantitative estimate of drug-likeness (QED) is 0.181. The molecule has 0 aliphatic carbocycles. The van der Waals surface area contributed by atoms with Crippen molar-refractivity contribution in [1.29, 1.82) is 0 Å². The summed E-state index contributed by atoms with van der Waals surface area (Å²) in [7, 11) is -1.71. The lowest BCUT2D eigenvalue weighted by Crippen LogP contribution is -2.43. The number of halogens is 1. The van der Waals surface area contributed by atoms with E-state index in [0.717, 1.165) is 25.0 Å². The van der Waals surface area contributed by atoms with Crippen molar-refractivity contribution in [3.63, 3.8) is 0 Å². The number of nitrogens with zero attached hydrogens (tertiary/aromatic N) is 1. The van der Waals surface area contributed by atoms with Crippen LogP contribution in [0.3, 0.4) is 0 Å². The van der Waals surface area contributed by atoms with Crippen LogP contribution < -0.4 is 20.1 Å². The van der Waals surface area contributed by atoms with Crippen LogP contribution in [0.1, 0.15) is 24.8 Å². The number of hydrogen-bond donors (Lipinski definition) is 3. The second kappa shape index (κ2) is 14.0. The number of ether oxygens (including phenoxy) is 2. The molecule has 1 heterocycles. The largest absolute Gasteiger partial charge is 0.492 e. The molecule has 10 heteroatoms. The molecule has 0 amide bonds. The highest BCUT2D eigenvalue weighted by Gasteiger charge is 2.17. The van der Waals surface area contributed by atoms with Gasteiger partial charge in [0, 0.05) is 26.7 Å². The van der Waals surface area contributed by atoms with E-state index in [1.54, 1.807) is 7.05 Å². The van der Waals surface area contributed by atoms with E-state index in [4.69, 9.17) is 9.47 Å². The van der Waals surface area contributed by atoms with Gasteiger partial charge in [0.25, 0.3) is 0 Å². The Morgan fingerprint density at radius 1 is 1.21 bits per heavy atom. The molecule has 166 valence electrons. The first-order valence-electron chi connectivity index (χ1n) is 9.71. The highest BCUT2D eigenvalue weighted by molar-refractivity contribution is 14.0. The van der Waals surface area contributed by atoms with Gasteiger partial charge in [-0.25, -0.2) is 13.1 Å². The second-order valence-corrected chi connectivity index (χ2v) is 8.67. The van der Waals surface area contributed by atoms with Crippen molar-refractivity contribution in [3.05, 3.63) is 29.8 Å². The van der Waals surface area contributed by atoms with Crippen LogP contribution in [0.25, 0.3) is 0 Å². The SMILES string of the molecule is CN=C(NCCOc1ccc(C)cc1)NCCS(=O)(=O)NCC1CCCCO1.I. The third-order valence-electron chi connectivity index (χ3n) is 4.38. The van der Waals surface area contributed by atoms with Gasteiger partial charge in [0.2, 0.25) is 10.0 Å². The highest BCUT2D eigenvalue weighted by atomic mass is 127. The molecule has 8 nitrogen and oxygen atoms in total. The molecule has 0 aromatic heterocycles. The Balaban J connectivity index is 0.00000420. The number of aliphatic imine (C=N–C) groups is 1. The van der Waals surface area contributed by atoms with Crippen LogP contribution in [0.2, 0.25) is 0 Å². The van der Waals surface area contributed by atoms with Gasteiger partial charge in [0.15, 0.2) is 5.96 Å². The lowest BCUT2D eigenvalue weighted by atomic mass is 10.1. The van der Waals surface area contributed by atoms with Crippen molar-refractivity contribution in [1.82, 2.24) is 15.4 Å². The normalized spacial score (nSPS) is 17.3. The summed E-state index contributed by atoms with van der Waals surface area (Å²) in [6.07, 6.45) is 3.03. The first-order valence-corrected chi connectivity index (χ1v) is 11.4. The molecule has 29 heavy (non-hydrogen) atoms. The average Bonchev–Trinajstić information content (AvgIpc) is 2.70. The zero-order valence-corrected chi connectivity index (χ0v) is 20.3. The Kier molecular flexibility index (Phi) is 12.5. The minimum Gasteiger partial charge on any atom is -0.492 e. The van der Waals surface area contributed by atoms with Gasteiger partial charge in [-0.2, -0.15) is 0 Å². The van der Waals surface area contributed by atoms with E-state index in [2.05, 4.69) is 20.3 Å². The first-order chi connectivity index (χ1) is 13.5. The topological polar surface area (TPSA) is 101 Å². The molecule has 1 aliphatic rings. The molecular weight excluding hydrogens is 507 g/mol. The average molecular weight is 540 g/mol. The Bertz CT molecular complexity index is 707. The maximum absolute atomic E-state index is 12.1. The van der Waals surface area contributed by atoms with E-state index in [1.807, 2.05) is 31.2 Å². The fourth-order valence-electron chi connectivity index (χ4n) is 2.76.